The van der Waals surface area contributed by atoms with Gasteiger partial charge < -0.3 is 4.74 Å². The number of ether oxygens (including phenoxy) is 1. The number of halogens is 1. The molecular weight excluding hydrogens is 518 g/mol. The second-order valence-corrected chi connectivity index (χ2v) is 11.6. The molecule has 2 aromatic heterocycles. The number of rotatable bonds is 6. The van der Waals surface area contributed by atoms with Crippen molar-refractivity contribution in [3.8, 4) is 5.75 Å². The molecule has 0 N–H and O–H groups in total. The lowest BCUT2D eigenvalue weighted by Gasteiger charge is -2.32. The third kappa shape index (κ3) is 4.97. The van der Waals surface area contributed by atoms with Crippen LogP contribution in [0.3, 0.4) is 0 Å². The van der Waals surface area contributed by atoms with Crippen molar-refractivity contribution in [1.29, 1.82) is 0 Å². The van der Waals surface area contributed by atoms with Gasteiger partial charge >= 0.3 is 0 Å². The molecule has 0 aliphatic heterocycles. The van der Waals surface area contributed by atoms with Crippen molar-refractivity contribution in [2.45, 2.75) is 65.3 Å². The molecule has 1 aliphatic carbocycles. The topological polar surface area (TPSA) is 64.4 Å². The number of thiazole rings is 1. The number of hydrogen-bond acceptors (Lipinski definition) is 5. The number of carbonyl (C=O) groups excluding carboxylic acids is 2. The fourth-order valence-electron chi connectivity index (χ4n) is 5.40. The van der Waals surface area contributed by atoms with Crippen LogP contribution < -0.4 is 9.64 Å². The van der Waals surface area contributed by atoms with Crippen LogP contribution in [-0.4, -0.2) is 34.5 Å². The van der Waals surface area contributed by atoms with Crippen LogP contribution in [0.2, 0.25) is 5.02 Å². The molecule has 1 aliphatic rings. The van der Waals surface area contributed by atoms with Gasteiger partial charge in [0.05, 0.1) is 24.7 Å². The Hall–Kier alpha value is -3.16. The zero-order valence-corrected chi connectivity index (χ0v) is 23.8. The van der Waals surface area contributed by atoms with Crippen LogP contribution in [0.25, 0.3) is 10.9 Å². The minimum atomic E-state index is -0.164. The van der Waals surface area contributed by atoms with E-state index in [1.54, 1.807) is 47.3 Å². The molecule has 8 heteroatoms. The minimum absolute atomic E-state index is 0.00885. The van der Waals surface area contributed by atoms with Crippen LogP contribution in [0.1, 0.15) is 64.3 Å². The van der Waals surface area contributed by atoms with Crippen LogP contribution >= 0.6 is 22.9 Å². The van der Waals surface area contributed by atoms with E-state index in [0.29, 0.717) is 16.3 Å². The van der Waals surface area contributed by atoms with E-state index in [-0.39, 0.29) is 24.3 Å². The van der Waals surface area contributed by atoms with Crippen LogP contribution in [-0.2, 0) is 11.2 Å². The minimum Gasteiger partial charge on any atom is -0.497 e. The third-order valence-electron chi connectivity index (χ3n) is 7.60. The number of aryl methyl sites for hydroxylation is 2. The number of amides is 1. The molecule has 2 heterocycles. The summed E-state index contributed by atoms with van der Waals surface area (Å²) in [6.45, 7) is 5.95. The predicted molar refractivity (Wildman–Crippen MR) is 154 cm³/mol. The molecule has 5 rings (SSSR count). The number of anilines is 1. The highest BCUT2D eigenvalue weighted by molar-refractivity contribution is 7.15. The molecule has 1 fully saturated rings. The van der Waals surface area contributed by atoms with Gasteiger partial charge in [0, 0.05) is 32.6 Å². The molecule has 0 atom stereocenters. The molecule has 1 amide bonds. The van der Waals surface area contributed by atoms with Crippen molar-refractivity contribution in [3.05, 3.63) is 74.9 Å². The second-order valence-electron chi connectivity index (χ2n) is 9.96. The first-order valence-corrected chi connectivity index (χ1v) is 14.2. The van der Waals surface area contributed by atoms with Gasteiger partial charge in [-0.1, -0.05) is 30.9 Å². The van der Waals surface area contributed by atoms with Gasteiger partial charge in [0.25, 0.3) is 5.91 Å². The number of aromatic nitrogens is 2. The Balaban J connectivity index is 1.59. The summed E-state index contributed by atoms with van der Waals surface area (Å²) in [5.41, 5.74) is 3.82. The van der Waals surface area contributed by atoms with E-state index in [9.17, 15) is 9.59 Å². The van der Waals surface area contributed by atoms with Gasteiger partial charge in [-0.2, -0.15) is 0 Å². The summed E-state index contributed by atoms with van der Waals surface area (Å²) in [6.07, 6.45) is 5.56. The average molecular weight is 550 g/mol. The Morgan fingerprint density at radius 2 is 1.79 bits per heavy atom. The number of fused-ring (bicyclic) bond motifs is 1. The van der Waals surface area contributed by atoms with E-state index in [1.165, 1.54) is 6.42 Å². The summed E-state index contributed by atoms with van der Waals surface area (Å²) in [6, 6.07) is 12.7. The molecule has 6 nitrogen and oxygen atoms in total. The normalized spacial score (nSPS) is 14.1. The lowest BCUT2D eigenvalue weighted by atomic mass is 9.94. The summed E-state index contributed by atoms with van der Waals surface area (Å²) in [5, 5.41) is 2.18. The summed E-state index contributed by atoms with van der Waals surface area (Å²) in [7, 11) is 1.62. The van der Waals surface area contributed by atoms with Gasteiger partial charge in [-0.05, 0) is 81.6 Å². The van der Waals surface area contributed by atoms with E-state index in [4.69, 9.17) is 21.3 Å². The fourth-order valence-corrected chi connectivity index (χ4v) is 6.52. The molecule has 0 spiro atoms. The highest BCUT2D eigenvalue weighted by atomic mass is 35.5. The zero-order chi connectivity index (χ0) is 27.0. The highest BCUT2D eigenvalue weighted by Gasteiger charge is 2.31. The van der Waals surface area contributed by atoms with Crippen molar-refractivity contribution < 1.29 is 14.3 Å². The summed E-state index contributed by atoms with van der Waals surface area (Å²) in [5.74, 6) is 0.524. The van der Waals surface area contributed by atoms with Crippen LogP contribution in [0.15, 0.2) is 42.5 Å². The molecule has 2 aromatic carbocycles. The molecular formula is C30H32ClN3O3S. The standard InChI is InChI=1S/C30H32ClN3O3S/c1-18-20(3)38-30(32-18)34(23-8-6-5-7-9-23)28(35)17-25-19(2)33(27-15-14-24(37-4)16-26(25)27)29(36)21-10-12-22(31)13-11-21/h10-16,23H,5-9,17H2,1-4H3. The largest absolute Gasteiger partial charge is 0.497 e. The Morgan fingerprint density at radius 3 is 2.42 bits per heavy atom. The first kappa shape index (κ1) is 26.4. The van der Waals surface area contributed by atoms with Gasteiger partial charge in [-0.25, -0.2) is 4.98 Å². The van der Waals surface area contributed by atoms with Crippen molar-refractivity contribution in [2.24, 2.45) is 0 Å². The van der Waals surface area contributed by atoms with Gasteiger partial charge in [0.2, 0.25) is 5.91 Å². The van der Waals surface area contributed by atoms with Crippen molar-refractivity contribution in [1.82, 2.24) is 9.55 Å². The van der Waals surface area contributed by atoms with Crippen LogP contribution in [0, 0.1) is 20.8 Å². The maximum atomic E-state index is 14.1. The van der Waals surface area contributed by atoms with E-state index < -0.39 is 0 Å². The third-order valence-corrected chi connectivity index (χ3v) is 8.92. The maximum Gasteiger partial charge on any atom is 0.262 e. The average Bonchev–Trinajstić information content (AvgIpc) is 3.39. The second kappa shape index (κ2) is 10.9. The number of benzene rings is 2. The van der Waals surface area contributed by atoms with Crippen LogP contribution in [0.4, 0.5) is 5.13 Å². The summed E-state index contributed by atoms with van der Waals surface area (Å²) >= 11 is 7.64. The monoisotopic (exact) mass is 549 g/mol. The molecule has 1 saturated carbocycles. The van der Waals surface area contributed by atoms with Crippen molar-refractivity contribution in [3.63, 3.8) is 0 Å². The van der Waals surface area contributed by atoms with E-state index in [0.717, 1.165) is 63.5 Å². The highest BCUT2D eigenvalue weighted by Crippen LogP contribution is 2.35. The SMILES string of the molecule is COc1ccc2c(c1)c(CC(=O)N(c1nc(C)c(C)s1)C1CCCCC1)c(C)n2C(=O)c1ccc(Cl)cc1. The Morgan fingerprint density at radius 1 is 1.08 bits per heavy atom. The van der Waals surface area contributed by atoms with Gasteiger partial charge in [0.15, 0.2) is 5.13 Å². The maximum absolute atomic E-state index is 14.1. The smallest absolute Gasteiger partial charge is 0.262 e. The first-order valence-electron chi connectivity index (χ1n) is 13.0. The Kier molecular flexibility index (Phi) is 7.59. The van der Waals surface area contributed by atoms with Crippen molar-refractivity contribution >= 4 is 50.8 Å². The van der Waals surface area contributed by atoms with Crippen molar-refractivity contribution in [2.75, 3.05) is 12.0 Å². The van der Waals surface area contributed by atoms with E-state index in [1.807, 2.05) is 43.9 Å². The van der Waals surface area contributed by atoms with Gasteiger partial charge in [-0.3, -0.25) is 19.1 Å². The number of nitrogens with zero attached hydrogens (tertiary/aromatic N) is 3. The number of carbonyl (C=O) groups is 2. The van der Waals surface area contributed by atoms with E-state index >= 15 is 0 Å². The Bertz CT molecular complexity index is 1480. The molecule has 0 saturated heterocycles. The lowest BCUT2D eigenvalue weighted by molar-refractivity contribution is -0.118. The molecule has 0 unspecified atom stereocenters. The Labute approximate surface area is 232 Å². The number of hydrogen-bond donors (Lipinski definition) is 0. The molecule has 198 valence electrons. The zero-order valence-electron chi connectivity index (χ0n) is 22.2. The lowest BCUT2D eigenvalue weighted by Crippen LogP contribution is -2.42. The molecule has 0 radical (unpaired) electrons. The van der Waals surface area contributed by atoms with E-state index in [2.05, 4.69) is 0 Å². The molecule has 0 bridgehead atoms. The molecule has 38 heavy (non-hydrogen) atoms. The first-order chi connectivity index (χ1) is 18.3. The summed E-state index contributed by atoms with van der Waals surface area (Å²) < 4.78 is 7.20. The van der Waals surface area contributed by atoms with Gasteiger partial charge in [-0.15, -0.1) is 11.3 Å². The van der Waals surface area contributed by atoms with Crippen LogP contribution in [0.5, 0.6) is 5.75 Å². The van der Waals surface area contributed by atoms with Gasteiger partial charge in [0.1, 0.15) is 5.75 Å². The molecule has 4 aromatic rings. The predicted octanol–water partition coefficient (Wildman–Crippen LogP) is 7.28. The summed E-state index contributed by atoms with van der Waals surface area (Å²) in [4.78, 5) is 35.6. The number of methoxy groups -OCH3 is 1. The quantitative estimate of drug-likeness (QED) is 0.253. The fraction of sp³-hybridized carbons (Fsp3) is 0.367.